The van der Waals surface area contributed by atoms with Gasteiger partial charge in [-0.15, -0.1) is 10.2 Å². The Hall–Kier alpha value is -3.74. The van der Waals surface area contributed by atoms with Crippen LogP contribution in [0.1, 0.15) is 22.3 Å². The van der Waals surface area contributed by atoms with Crippen molar-refractivity contribution in [3.63, 3.8) is 0 Å². The molecule has 0 aliphatic carbocycles. The summed E-state index contributed by atoms with van der Waals surface area (Å²) in [5.74, 6) is -1.02. The molecular formula is C36H31N5Na2O8S2. The molecule has 13 nitrogen and oxygen atoms in total. The van der Waals surface area contributed by atoms with Crippen molar-refractivity contribution in [2.24, 2.45) is 20.5 Å². The van der Waals surface area contributed by atoms with Crippen LogP contribution in [0.25, 0.3) is 21.5 Å². The van der Waals surface area contributed by atoms with Crippen LogP contribution in [0.4, 0.5) is 34.1 Å². The number of anilines is 2. The van der Waals surface area contributed by atoms with Crippen molar-refractivity contribution in [1.82, 2.24) is 0 Å². The molecule has 5 N–H and O–H groups in total. The molecule has 0 unspecified atom stereocenters. The van der Waals surface area contributed by atoms with E-state index >= 15 is 0 Å². The molecule has 0 heterocycles. The van der Waals surface area contributed by atoms with Crippen LogP contribution in [0.2, 0.25) is 0 Å². The van der Waals surface area contributed by atoms with Crippen LogP contribution in [-0.4, -0.2) is 95.3 Å². The van der Waals surface area contributed by atoms with Crippen molar-refractivity contribution in [2.75, 3.05) is 5.32 Å². The Balaban J connectivity index is 0.00000314. The van der Waals surface area contributed by atoms with Crippen molar-refractivity contribution < 1.29 is 36.2 Å². The minimum Gasteiger partial charge on any atom is -0.505 e. The SMILES string of the molecule is Cc1ccc(N=Nc2c(S(=O)(=O)O)cc3cc(Nc4ccc5c(O)c(N=Nc6ccc(C)cc6C)c(S(=O)(=O)O)cc5c4)ccc3c2O)c(C)c1.[Na].[Na]. The van der Waals surface area contributed by atoms with E-state index in [0.29, 0.717) is 22.7 Å². The van der Waals surface area contributed by atoms with E-state index in [-0.39, 0.29) is 80.7 Å². The van der Waals surface area contributed by atoms with E-state index in [1.807, 2.05) is 52.0 Å². The smallest absolute Gasteiger partial charge is 0.296 e. The third-order valence-electron chi connectivity index (χ3n) is 8.17. The molecule has 6 aromatic rings. The largest absolute Gasteiger partial charge is 0.505 e. The molecule has 0 amide bonds. The van der Waals surface area contributed by atoms with Crippen molar-refractivity contribution in [3.05, 3.63) is 107 Å². The molecule has 6 rings (SSSR count). The summed E-state index contributed by atoms with van der Waals surface area (Å²) >= 11 is 0. The van der Waals surface area contributed by atoms with Gasteiger partial charge < -0.3 is 15.5 Å². The first kappa shape index (κ1) is 42.0. The van der Waals surface area contributed by atoms with Crippen LogP contribution in [0, 0.1) is 27.7 Å². The van der Waals surface area contributed by atoms with Crippen LogP contribution in [0.15, 0.2) is 115 Å². The second kappa shape index (κ2) is 16.3. The summed E-state index contributed by atoms with van der Waals surface area (Å²) in [7, 11) is -9.71. The molecule has 2 radical (unpaired) electrons. The third kappa shape index (κ3) is 9.15. The van der Waals surface area contributed by atoms with Gasteiger partial charge >= 0.3 is 0 Å². The molecule has 0 spiro atoms. The van der Waals surface area contributed by atoms with Crippen LogP contribution in [-0.2, 0) is 20.2 Å². The molecule has 0 aliphatic heterocycles. The summed E-state index contributed by atoms with van der Waals surface area (Å²) in [4.78, 5) is -1.30. The van der Waals surface area contributed by atoms with Gasteiger partial charge in [0.1, 0.15) is 21.2 Å². The Morgan fingerprint density at radius 2 is 0.887 bits per heavy atom. The van der Waals surface area contributed by atoms with Gasteiger partial charge in [-0.25, -0.2) is 0 Å². The number of hydrogen-bond acceptors (Lipinski definition) is 11. The Morgan fingerprint density at radius 3 is 1.23 bits per heavy atom. The number of aromatic hydroxyl groups is 2. The van der Waals surface area contributed by atoms with Gasteiger partial charge in [0.2, 0.25) is 0 Å². The zero-order valence-electron chi connectivity index (χ0n) is 29.6. The van der Waals surface area contributed by atoms with E-state index in [9.17, 15) is 36.2 Å². The molecule has 262 valence electrons. The average Bonchev–Trinajstić information content (AvgIpc) is 3.04. The molecule has 6 aromatic carbocycles. The number of phenolic OH excluding ortho intramolecular Hbond substituents is 2. The van der Waals surface area contributed by atoms with Crippen molar-refractivity contribution >= 4 is 135 Å². The summed E-state index contributed by atoms with van der Waals surface area (Å²) in [6.45, 7) is 7.43. The fraction of sp³-hybridized carbons (Fsp3) is 0.111. The average molecular weight is 772 g/mol. The molecule has 0 aromatic heterocycles. The topological polar surface area (TPSA) is 211 Å². The van der Waals surface area contributed by atoms with Gasteiger partial charge in [-0.2, -0.15) is 27.1 Å². The van der Waals surface area contributed by atoms with E-state index in [1.165, 1.54) is 24.3 Å². The number of azo groups is 2. The fourth-order valence-electron chi connectivity index (χ4n) is 5.65. The number of nitrogens with one attached hydrogen (secondary N) is 1. The molecule has 0 aliphatic rings. The molecule has 17 heteroatoms. The predicted octanol–water partition coefficient (Wildman–Crippen LogP) is 8.94. The first-order valence-electron chi connectivity index (χ1n) is 15.3. The van der Waals surface area contributed by atoms with Crippen molar-refractivity contribution in [2.45, 2.75) is 37.5 Å². The number of hydrogen-bond donors (Lipinski definition) is 5. The number of rotatable bonds is 8. The van der Waals surface area contributed by atoms with E-state index in [0.717, 1.165) is 34.4 Å². The number of benzene rings is 6. The zero-order valence-corrected chi connectivity index (χ0v) is 35.2. The number of aryl methyl sites for hydroxylation is 4. The first-order chi connectivity index (χ1) is 24.0. The molecule has 0 bridgehead atoms. The van der Waals surface area contributed by atoms with Gasteiger partial charge in [-0.3, -0.25) is 9.11 Å². The predicted molar refractivity (Wildman–Crippen MR) is 206 cm³/mol. The Bertz CT molecular complexity index is 2520. The summed E-state index contributed by atoms with van der Waals surface area (Å²) in [6, 6.07) is 22.4. The van der Waals surface area contributed by atoms with E-state index in [1.54, 1.807) is 24.3 Å². The Labute approximate surface area is 350 Å². The van der Waals surface area contributed by atoms with E-state index in [2.05, 4.69) is 25.8 Å². The number of phenols is 2. The minimum atomic E-state index is -4.85. The maximum Gasteiger partial charge on any atom is 0.296 e. The van der Waals surface area contributed by atoms with Crippen molar-refractivity contribution in [1.29, 1.82) is 0 Å². The molecule has 53 heavy (non-hydrogen) atoms. The summed E-state index contributed by atoms with van der Waals surface area (Å²) in [5.41, 5.74) is 4.43. The van der Waals surface area contributed by atoms with Gasteiger partial charge in [0.15, 0.2) is 11.5 Å². The van der Waals surface area contributed by atoms with Crippen LogP contribution in [0.3, 0.4) is 0 Å². The Kier molecular flexibility index (Phi) is 12.9. The van der Waals surface area contributed by atoms with Gasteiger partial charge in [-0.05, 0) is 110 Å². The summed E-state index contributed by atoms with van der Waals surface area (Å²) in [6.07, 6.45) is 0. The molecule has 0 fully saturated rings. The second-order valence-corrected chi connectivity index (χ2v) is 14.9. The maximum absolute atomic E-state index is 12.4. The van der Waals surface area contributed by atoms with Gasteiger partial charge in [0.05, 0.1) is 11.4 Å². The maximum atomic E-state index is 12.4. The second-order valence-electron chi connectivity index (χ2n) is 12.1. The zero-order chi connectivity index (χ0) is 36.8. The third-order valence-corrected chi connectivity index (χ3v) is 9.90. The molecule has 0 saturated heterocycles. The standard InChI is InChI=1S/C36H31N5O8S2.2Na/c1-19-5-11-29(21(3)13-19)38-40-33-31(50(44,45)46)17-23-15-25(7-9-27(23)35(33)42)37-26-8-10-28-24(16-26)18-32(51(47,48)49)34(36(28)43)41-39-30-12-6-20(2)14-22(30)4;;/h5-18,37,42-43H,1-4H3,(H,44,45,46)(H,47,48,49);;. The summed E-state index contributed by atoms with van der Waals surface area (Å²) in [5, 5.41) is 42.5. The van der Waals surface area contributed by atoms with E-state index in [4.69, 9.17) is 0 Å². The molecular weight excluding hydrogens is 741 g/mol. The minimum absolute atomic E-state index is 0. The van der Waals surface area contributed by atoms with Crippen molar-refractivity contribution in [3.8, 4) is 11.5 Å². The van der Waals surface area contributed by atoms with Crippen LogP contribution >= 0.6 is 0 Å². The van der Waals surface area contributed by atoms with Gasteiger partial charge in [0, 0.05) is 81.3 Å². The summed E-state index contributed by atoms with van der Waals surface area (Å²) < 4.78 is 69.7. The molecule has 0 atom stereocenters. The van der Waals surface area contributed by atoms with Gasteiger partial charge in [-0.1, -0.05) is 35.4 Å². The van der Waals surface area contributed by atoms with Crippen LogP contribution < -0.4 is 5.32 Å². The van der Waals surface area contributed by atoms with E-state index < -0.39 is 52.9 Å². The quantitative estimate of drug-likeness (QED) is 0.0567. The Morgan fingerprint density at radius 1 is 0.509 bits per heavy atom. The van der Waals surface area contributed by atoms with Gasteiger partial charge in [0.25, 0.3) is 20.2 Å². The monoisotopic (exact) mass is 771 g/mol. The first-order valence-corrected chi connectivity index (χ1v) is 18.2. The number of nitrogens with zero attached hydrogens (tertiary/aromatic N) is 4. The number of fused-ring (bicyclic) bond motifs is 2. The van der Waals surface area contributed by atoms with Crippen LogP contribution in [0.5, 0.6) is 11.5 Å². The molecule has 0 saturated carbocycles. The fourth-order valence-corrected chi connectivity index (χ4v) is 6.97. The normalized spacial score (nSPS) is 12.0.